The monoisotopic (exact) mass is 770 g/mol. The third-order valence-corrected chi connectivity index (χ3v) is 10.8. The molecular formula is C43H67BClF2N5O2. The molecular weight excluding hydrogens is 703 g/mol. The van der Waals surface area contributed by atoms with Crippen LogP contribution in [0.5, 0.6) is 0 Å². The van der Waals surface area contributed by atoms with Crippen LogP contribution in [0.4, 0.5) is 8.63 Å². The minimum absolute atomic E-state index is 0. The molecule has 5 heterocycles. The standard InChI is InChI=1S/C27H30BF2N4O2.C16H36N.ClH/c1-5-16-18(7-3)26(33-24(16)20-11-9-13-31-20)22-15-23(36-28(29,30)35-22)27-19(8-4)17(6-2)25(34-27)21-12-10-14-32-21;1-5-9-13-17(14-10-6-2,15-11-7-3)16-12-8-4;/h9-15,31-33H,5-8H2,1-4H3;5-16H2,1-4H3;1H/q-1;+1;/b27-23+;;. The van der Waals surface area contributed by atoms with Gasteiger partial charge in [0.15, 0.2) is 5.76 Å². The Kier molecular flexibility index (Phi) is 17.9. The van der Waals surface area contributed by atoms with Crippen molar-refractivity contribution >= 4 is 18.6 Å². The summed E-state index contributed by atoms with van der Waals surface area (Å²) >= 11 is 0. The van der Waals surface area contributed by atoms with E-state index in [2.05, 4.69) is 61.5 Å². The number of nitrogens with one attached hydrogen (secondary N) is 4. The largest absolute Gasteiger partial charge is 1.00 e. The third-order valence-electron chi connectivity index (χ3n) is 10.8. The topological polar surface area (TPSA) is 79.8 Å². The summed E-state index contributed by atoms with van der Waals surface area (Å²) in [5.41, 5.74) is 8.80. The summed E-state index contributed by atoms with van der Waals surface area (Å²) in [4.78, 5) is 13.2. The fourth-order valence-corrected chi connectivity index (χ4v) is 7.98. The minimum atomic E-state index is -4.57. The lowest BCUT2D eigenvalue weighted by Gasteiger charge is -2.39. The van der Waals surface area contributed by atoms with Crippen LogP contribution >= 0.6 is 0 Å². The van der Waals surface area contributed by atoms with Gasteiger partial charge in [0.2, 0.25) is 11.4 Å². The van der Waals surface area contributed by atoms with E-state index in [9.17, 15) is 8.63 Å². The summed E-state index contributed by atoms with van der Waals surface area (Å²) in [5.74, 6) is 0.170. The van der Waals surface area contributed by atoms with Crippen LogP contribution in [0.25, 0.3) is 17.1 Å². The van der Waals surface area contributed by atoms with Crippen LogP contribution in [0.2, 0.25) is 0 Å². The highest BCUT2D eigenvalue weighted by Gasteiger charge is 2.43. The number of halogens is 3. The predicted molar refractivity (Wildman–Crippen MR) is 217 cm³/mol. The molecule has 7 nitrogen and oxygen atoms in total. The van der Waals surface area contributed by atoms with Gasteiger partial charge in [-0.05, 0) is 86.8 Å². The highest BCUT2D eigenvalue weighted by molar-refractivity contribution is 6.53. The van der Waals surface area contributed by atoms with Crippen LogP contribution in [0.1, 0.15) is 142 Å². The van der Waals surface area contributed by atoms with E-state index in [0.29, 0.717) is 24.2 Å². The van der Waals surface area contributed by atoms with Crippen molar-refractivity contribution in [1.82, 2.24) is 15.0 Å². The number of hydrogen-bond acceptors (Lipinski definition) is 2. The summed E-state index contributed by atoms with van der Waals surface area (Å²) in [5, 5.41) is 0. The Morgan fingerprint density at radius 2 is 1.15 bits per heavy atom. The molecule has 0 radical (unpaired) electrons. The van der Waals surface area contributed by atoms with Gasteiger partial charge in [0.05, 0.1) is 43.3 Å². The average molecular weight is 770 g/mol. The lowest BCUT2D eigenvalue weighted by Crippen LogP contribution is -3.00. The molecule has 0 aromatic carbocycles. The van der Waals surface area contributed by atoms with Crippen molar-refractivity contribution in [3.8, 4) is 11.4 Å². The zero-order valence-corrected chi connectivity index (χ0v) is 35.1. The molecule has 0 saturated carbocycles. The van der Waals surface area contributed by atoms with E-state index in [1.54, 1.807) is 6.08 Å². The van der Waals surface area contributed by atoms with E-state index in [0.717, 1.165) is 57.9 Å². The summed E-state index contributed by atoms with van der Waals surface area (Å²) in [6.45, 7) is 23.2. The molecule has 0 bridgehead atoms. The van der Waals surface area contributed by atoms with E-state index in [1.807, 2.05) is 50.5 Å². The maximum Gasteiger partial charge on any atom is 0.726 e. The molecule has 2 aliphatic heterocycles. The van der Waals surface area contributed by atoms with Gasteiger partial charge in [0.25, 0.3) is 0 Å². The molecule has 0 saturated heterocycles. The van der Waals surface area contributed by atoms with Gasteiger partial charge in [-0.25, -0.2) is 0 Å². The number of unbranched alkanes of at least 4 members (excludes halogenated alkanes) is 4. The first-order chi connectivity index (χ1) is 25.6. The van der Waals surface area contributed by atoms with Gasteiger partial charge < -0.3 is 49.8 Å². The van der Waals surface area contributed by atoms with E-state index < -0.39 is 7.11 Å². The number of H-pyrrole nitrogens is 3. The summed E-state index contributed by atoms with van der Waals surface area (Å²) in [7, 11) is -4.57. The maximum absolute atomic E-state index is 15.0. The smallest absolute Gasteiger partial charge is 0.726 e. The van der Waals surface area contributed by atoms with Gasteiger partial charge in [-0.3, -0.25) is 0 Å². The number of nitrogens with zero attached hydrogens (tertiary/aromatic N) is 1. The molecule has 0 aliphatic carbocycles. The van der Waals surface area contributed by atoms with Crippen LogP contribution in [-0.2, 0) is 22.2 Å². The second-order valence-corrected chi connectivity index (χ2v) is 14.5. The Morgan fingerprint density at radius 3 is 1.59 bits per heavy atom. The molecule has 5 rings (SSSR count). The number of rotatable bonds is 19. The van der Waals surface area contributed by atoms with Crippen LogP contribution in [0, 0.1) is 0 Å². The molecule has 0 amide bonds. The van der Waals surface area contributed by atoms with Crippen LogP contribution in [0.3, 0.4) is 0 Å². The van der Waals surface area contributed by atoms with Gasteiger partial charge in [-0.1, -0.05) is 81.1 Å². The van der Waals surface area contributed by atoms with Crippen molar-refractivity contribution in [3.63, 3.8) is 0 Å². The van der Waals surface area contributed by atoms with Crippen molar-refractivity contribution in [2.75, 3.05) is 26.2 Å². The van der Waals surface area contributed by atoms with E-state index in [1.165, 1.54) is 82.0 Å². The SMILES string of the molecule is CCC1=C(CC)/C(=C2/C=C(c3[nH]c(-c4ccc[nH]4)c(CC)c3CC)O[B-](F)(F)O2)[NH+]=C1c1ccc[nH]1.CCCC[N+](CCCC)(CCCC)CCCC.[Cl-]. The Balaban J connectivity index is 0.000000372. The molecule has 4 N–H and O–H groups in total. The zero-order chi connectivity index (χ0) is 38.4. The summed E-state index contributed by atoms with van der Waals surface area (Å²) in [6, 6.07) is 7.76. The van der Waals surface area contributed by atoms with Crippen LogP contribution in [0.15, 0.2) is 65.3 Å². The normalized spacial score (nSPS) is 16.6. The van der Waals surface area contributed by atoms with E-state index in [4.69, 9.17) is 9.31 Å². The second-order valence-electron chi connectivity index (χ2n) is 14.5. The highest BCUT2D eigenvalue weighted by Crippen LogP contribution is 2.39. The van der Waals surface area contributed by atoms with Crippen LogP contribution in [-0.4, -0.2) is 58.4 Å². The van der Waals surface area contributed by atoms with Gasteiger partial charge >= 0.3 is 7.11 Å². The first-order valence-electron chi connectivity index (χ1n) is 20.7. The highest BCUT2D eigenvalue weighted by atomic mass is 35.5. The quantitative estimate of drug-likeness (QED) is 0.0773. The fourth-order valence-electron chi connectivity index (χ4n) is 7.98. The lowest BCUT2D eigenvalue weighted by atomic mass is 9.97. The predicted octanol–water partition coefficient (Wildman–Crippen LogP) is 7.14. The number of quaternary nitrogens is 1. The van der Waals surface area contributed by atoms with Crippen molar-refractivity contribution in [3.05, 3.63) is 87.9 Å². The molecule has 11 heteroatoms. The average Bonchev–Trinajstić information content (AvgIpc) is 3.99. The Morgan fingerprint density at radius 1 is 0.648 bits per heavy atom. The molecule has 54 heavy (non-hydrogen) atoms. The first-order valence-corrected chi connectivity index (χ1v) is 20.7. The number of hydrogen-bond donors (Lipinski definition) is 4. The lowest BCUT2D eigenvalue weighted by molar-refractivity contribution is -0.929. The number of allylic oxidation sites excluding steroid dienone is 3. The van der Waals surface area contributed by atoms with Crippen molar-refractivity contribution in [2.45, 2.75) is 132 Å². The third kappa shape index (κ3) is 10.8. The molecule has 0 unspecified atom stereocenters. The van der Waals surface area contributed by atoms with Gasteiger partial charge in [0.1, 0.15) is 11.5 Å². The van der Waals surface area contributed by atoms with E-state index >= 15 is 0 Å². The Labute approximate surface area is 330 Å². The Bertz CT molecular complexity index is 1670. The van der Waals surface area contributed by atoms with Crippen molar-refractivity contribution in [2.24, 2.45) is 0 Å². The number of aromatic amines is 3. The first kappa shape index (κ1) is 44.9. The zero-order valence-electron chi connectivity index (χ0n) is 34.3. The molecule has 3 aromatic rings. The Hall–Kier alpha value is -3.50. The van der Waals surface area contributed by atoms with Gasteiger partial charge in [-0.2, -0.15) is 4.99 Å². The number of aromatic nitrogens is 3. The van der Waals surface area contributed by atoms with Gasteiger partial charge in [0, 0.05) is 29.6 Å². The second kappa shape index (κ2) is 21.6. The fraction of sp³-hybridized carbons (Fsp3) is 0.558. The molecule has 0 atom stereocenters. The summed E-state index contributed by atoms with van der Waals surface area (Å²) in [6.07, 6.45) is 19.2. The van der Waals surface area contributed by atoms with Crippen molar-refractivity contribution < 1.29 is 39.8 Å². The summed E-state index contributed by atoms with van der Waals surface area (Å²) < 4.78 is 41.8. The molecule has 2 aliphatic rings. The maximum atomic E-state index is 15.0. The van der Waals surface area contributed by atoms with E-state index in [-0.39, 0.29) is 23.9 Å². The van der Waals surface area contributed by atoms with Crippen LogP contribution < -0.4 is 17.4 Å². The molecule has 3 aromatic heterocycles. The van der Waals surface area contributed by atoms with Crippen molar-refractivity contribution in [1.29, 1.82) is 0 Å². The molecule has 300 valence electrons. The molecule has 0 spiro atoms. The van der Waals surface area contributed by atoms with Gasteiger partial charge in [-0.15, -0.1) is 0 Å². The molecule has 0 fully saturated rings. The minimum Gasteiger partial charge on any atom is -1.00 e.